The molecule has 0 radical (unpaired) electrons. The Hall–Kier alpha value is -1.45. The van der Waals surface area contributed by atoms with E-state index in [1.54, 1.807) is 6.26 Å². The Morgan fingerprint density at radius 2 is 2.10 bits per heavy atom. The van der Waals surface area contributed by atoms with E-state index in [4.69, 9.17) is 10.2 Å². The van der Waals surface area contributed by atoms with Gasteiger partial charge in [0, 0.05) is 34.5 Å². The molecule has 2 atom stereocenters. The van der Waals surface area contributed by atoms with Gasteiger partial charge in [-0.15, -0.1) is 0 Å². The van der Waals surface area contributed by atoms with Gasteiger partial charge in [-0.25, -0.2) is 18.4 Å². The largest absolute Gasteiger partial charge is 0.478 e. The van der Waals surface area contributed by atoms with Gasteiger partial charge in [-0.1, -0.05) is 6.92 Å². The molecule has 118 valence electrons. The van der Waals surface area contributed by atoms with Gasteiger partial charge in [-0.3, -0.25) is 4.21 Å². The van der Waals surface area contributed by atoms with Crippen molar-refractivity contribution >= 4 is 32.5 Å². The fourth-order valence-electron chi connectivity index (χ4n) is 1.61. The van der Waals surface area contributed by atoms with Gasteiger partial charge >= 0.3 is 5.97 Å². The molecule has 0 fully saturated rings. The predicted octanol–water partition coefficient (Wildman–Crippen LogP) is 0.601. The minimum atomic E-state index is -3.95. The third-order valence-electron chi connectivity index (χ3n) is 2.98. The van der Waals surface area contributed by atoms with Gasteiger partial charge in [0.1, 0.15) is 0 Å². The Bertz CT molecular complexity index is 658. The van der Waals surface area contributed by atoms with Crippen LogP contribution in [0, 0.1) is 0 Å². The topological polar surface area (TPSA) is 127 Å². The second-order valence-corrected chi connectivity index (χ2v) is 7.95. The van der Waals surface area contributed by atoms with Crippen LogP contribution in [0.25, 0.3) is 0 Å². The lowest BCUT2D eigenvalue weighted by atomic mass is 10.1. The molecule has 0 saturated carbocycles. The van der Waals surface area contributed by atoms with Crippen LogP contribution in [-0.2, 0) is 20.8 Å². The number of sulfonamides is 1. The molecule has 0 aromatic heterocycles. The molecular formula is C12H18N2O5S2. The summed E-state index contributed by atoms with van der Waals surface area (Å²) in [6, 6.07) is 3.61. The first-order valence-corrected chi connectivity index (χ1v) is 9.26. The number of hydrogen-bond acceptors (Lipinski definition) is 5. The lowest BCUT2D eigenvalue weighted by Gasteiger charge is -2.13. The molecule has 21 heavy (non-hydrogen) atoms. The molecule has 0 amide bonds. The number of primary sulfonamides is 1. The summed E-state index contributed by atoms with van der Waals surface area (Å²) in [6.45, 7) is 2.26. The molecule has 7 nitrogen and oxygen atoms in total. The van der Waals surface area contributed by atoms with Crippen LogP contribution in [0.1, 0.15) is 23.7 Å². The van der Waals surface area contributed by atoms with Crippen molar-refractivity contribution in [3.05, 3.63) is 23.8 Å². The summed E-state index contributed by atoms with van der Waals surface area (Å²) in [5.41, 5.74) is 0.121. The number of hydrogen-bond donors (Lipinski definition) is 3. The van der Waals surface area contributed by atoms with Gasteiger partial charge < -0.3 is 10.4 Å². The highest BCUT2D eigenvalue weighted by Crippen LogP contribution is 2.20. The molecule has 0 saturated heterocycles. The van der Waals surface area contributed by atoms with Gasteiger partial charge in [-0.2, -0.15) is 0 Å². The van der Waals surface area contributed by atoms with E-state index in [9.17, 15) is 17.4 Å². The quantitative estimate of drug-likeness (QED) is 0.670. The average Bonchev–Trinajstić information content (AvgIpc) is 2.37. The number of carboxylic acid groups (broad SMARTS) is 1. The number of nitrogens with two attached hydrogens (primary N) is 1. The lowest BCUT2D eigenvalue weighted by molar-refractivity contribution is 0.0697. The Balaban J connectivity index is 2.93. The van der Waals surface area contributed by atoms with Crippen molar-refractivity contribution in [3.8, 4) is 0 Å². The van der Waals surface area contributed by atoms with Gasteiger partial charge in [0.05, 0.1) is 10.5 Å². The minimum absolute atomic E-state index is 0.0190. The van der Waals surface area contributed by atoms with Gasteiger partial charge in [-0.05, 0) is 24.6 Å². The lowest BCUT2D eigenvalue weighted by Crippen LogP contribution is -2.17. The highest BCUT2D eigenvalue weighted by molar-refractivity contribution is 7.89. The molecule has 0 heterocycles. The maximum absolute atomic E-state index is 11.2. The Morgan fingerprint density at radius 1 is 1.48 bits per heavy atom. The number of carbonyl (C=O) groups is 1. The van der Waals surface area contributed by atoms with Crippen LogP contribution < -0.4 is 10.5 Å². The second-order valence-electron chi connectivity index (χ2n) is 4.58. The number of nitrogens with one attached hydrogen (secondary N) is 1. The third kappa shape index (κ3) is 5.10. The summed E-state index contributed by atoms with van der Waals surface area (Å²) in [4.78, 5) is 10.9. The number of aromatic carboxylic acids is 1. The van der Waals surface area contributed by atoms with Crippen molar-refractivity contribution in [2.24, 2.45) is 5.14 Å². The van der Waals surface area contributed by atoms with Crippen LogP contribution in [0.4, 0.5) is 5.69 Å². The van der Waals surface area contributed by atoms with E-state index < -0.39 is 26.8 Å². The summed E-state index contributed by atoms with van der Waals surface area (Å²) >= 11 is 0. The summed E-state index contributed by atoms with van der Waals surface area (Å²) < 4.78 is 33.7. The molecule has 2 unspecified atom stereocenters. The van der Waals surface area contributed by atoms with Crippen LogP contribution >= 0.6 is 0 Å². The van der Waals surface area contributed by atoms with Crippen molar-refractivity contribution in [3.63, 3.8) is 0 Å². The highest BCUT2D eigenvalue weighted by Gasteiger charge is 2.16. The zero-order valence-electron chi connectivity index (χ0n) is 11.7. The molecule has 0 spiro atoms. The first-order chi connectivity index (χ1) is 9.62. The molecule has 0 aliphatic heterocycles. The second kappa shape index (κ2) is 7.01. The molecule has 0 aliphatic rings. The Labute approximate surface area is 126 Å². The van der Waals surface area contributed by atoms with Crippen LogP contribution in [0.3, 0.4) is 0 Å². The molecule has 0 aliphatic carbocycles. The first kappa shape index (κ1) is 17.6. The van der Waals surface area contributed by atoms with Gasteiger partial charge in [0.25, 0.3) is 0 Å². The Kier molecular flexibility index (Phi) is 5.87. The fraction of sp³-hybridized carbons (Fsp3) is 0.417. The first-order valence-electron chi connectivity index (χ1n) is 6.09. The van der Waals surface area contributed by atoms with Gasteiger partial charge in [0.15, 0.2) is 0 Å². The molecule has 1 aromatic rings. The molecular weight excluding hydrogens is 316 g/mol. The van der Waals surface area contributed by atoms with Gasteiger partial charge in [0.2, 0.25) is 10.0 Å². The van der Waals surface area contributed by atoms with Crippen LogP contribution in [0.5, 0.6) is 0 Å². The van der Waals surface area contributed by atoms with E-state index in [2.05, 4.69) is 5.32 Å². The van der Waals surface area contributed by atoms with E-state index in [0.717, 1.165) is 6.07 Å². The van der Waals surface area contributed by atoms with E-state index in [0.29, 0.717) is 18.7 Å². The van der Waals surface area contributed by atoms with Crippen molar-refractivity contribution < 1.29 is 22.5 Å². The van der Waals surface area contributed by atoms with Crippen molar-refractivity contribution in [2.75, 3.05) is 18.1 Å². The van der Waals surface area contributed by atoms with Crippen molar-refractivity contribution in [1.29, 1.82) is 0 Å². The van der Waals surface area contributed by atoms with E-state index in [1.807, 2.05) is 6.92 Å². The van der Waals surface area contributed by atoms with Crippen molar-refractivity contribution in [2.45, 2.75) is 23.5 Å². The molecule has 4 N–H and O–H groups in total. The maximum Gasteiger partial charge on any atom is 0.337 e. The third-order valence-corrected chi connectivity index (χ3v) is 5.26. The molecule has 1 aromatic carbocycles. The minimum Gasteiger partial charge on any atom is -0.478 e. The normalized spacial score (nSPS) is 14.4. The number of benzene rings is 1. The monoisotopic (exact) mass is 334 g/mol. The van der Waals surface area contributed by atoms with Crippen LogP contribution in [-0.4, -0.2) is 41.8 Å². The van der Waals surface area contributed by atoms with E-state index >= 15 is 0 Å². The summed E-state index contributed by atoms with van der Waals surface area (Å²) in [7, 11) is -4.90. The Morgan fingerprint density at radius 3 is 2.57 bits per heavy atom. The number of anilines is 1. The molecule has 9 heteroatoms. The summed E-state index contributed by atoms with van der Waals surface area (Å²) in [5.74, 6) is -1.25. The highest BCUT2D eigenvalue weighted by atomic mass is 32.2. The van der Waals surface area contributed by atoms with E-state index in [1.165, 1.54) is 12.1 Å². The zero-order chi connectivity index (χ0) is 16.2. The maximum atomic E-state index is 11.2. The average molecular weight is 334 g/mol. The van der Waals surface area contributed by atoms with Crippen LogP contribution in [0.2, 0.25) is 0 Å². The number of carboxylic acids is 1. The standard InChI is InChI=1S/C12H18N2O5S2/c1-8(20(2)17)5-6-14-11-4-3-9(21(13,18)19)7-10(11)12(15)16/h3-4,7-8,14H,5-6H2,1-2H3,(H,15,16)(H2,13,18,19). The fourth-order valence-corrected chi connectivity index (χ4v) is 2.60. The predicted molar refractivity (Wildman–Crippen MR) is 81.4 cm³/mol. The zero-order valence-corrected chi connectivity index (χ0v) is 13.3. The van der Waals surface area contributed by atoms with Crippen LogP contribution in [0.15, 0.2) is 23.1 Å². The summed E-state index contributed by atoms with van der Waals surface area (Å²) in [5, 5.41) is 17.0. The SMILES string of the molecule is CC(CCNc1ccc(S(N)(=O)=O)cc1C(=O)O)S(C)=O. The summed E-state index contributed by atoms with van der Waals surface area (Å²) in [6.07, 6.45) is 2.20. The molecule has 0 bridgehead atoms. The van der Waals surface area contributed by atoms with Crippen molar-refractivity contribution in [1.82, 2.24) is 0 Å². The molecule has 1 rings (SSSR count). The smallest absolute Gasteiger partial charge is 0.337 e. The number of rotatable bonds is 7. The van der Waals surface area contributed by atoms with E-state index in [-0.39, 0.29) is 15.7 Å².